The van der Waals surface area contributed by atoms with E-state index in [-0.39, 0.29) is 43.1 Å². The van der Waals surface area contributed by atoms with Gasteiger partial charge in [-0.2, -0.15) is 0 Å². The number of hydrogen-bond donors (Lipinski definition) is 1. The molecule has 1 unspecified atom stereocenters. The van der Waals surface area contributed by atoms with E-state index in [0.717, 1.165) is 6.42 Å². The van der Waals surface area contributed by atoms with E-state index >= 15 is 0 Å². The van der Waals surface area contributed by atoms with Crippen molar-refractivity contribution in [3.05, 3.63) is 33.4 Å². The second kappa shape index (κ2) is 10.6. The molecule has 0 aromatic heterocycles. The summed E-state index contributed by atoms with van der Waals surface area (Å²) in [5, 5.41) is 11.8. The largest absolute Gasteiger partial charge is 0.487 e. The summed E-state index contributed by atoms with van der Waals surface area (Å²) in [6.07, 6.45) is 1.50. The summed E-state index contributed by atoms with van der Waals surface area (Å²) in [7, 11) is 0. The molecule has 0 aliphatic rings. The number of nitro groups is 1. The molecular formula is C19H28N2O7. The summed E-state index contributed by atoms with van der Waals surface area (Å²) in [5.41, 5.74) is 3.87. The normalized spacial score (nSPS) is 12.8. The highest BCUT2D eigenvalue weighted by Crippen LogP contribution is 2.40. The van der Waals surface area contributed by atoms with E-state index in [4.69, 9.17) is 19.9 Å². The molecule has 1 aromatic rings. The molecule has 0 saturated heterocycles. The van der Waals surface area contributed by atoms with Gasteiger partial charge in [-0.3, -0.25) is 10.1 Å². The number of rotatable bonds is 11. The third kappa shape index (κ3) is 5.19. The predicted molar refractivity (Wildman–Crippen MR) is 102 cm³/mol. The molecule has 0 spiro atoms. The zero-order valence-corrected chi connectivity index (χ0v) is 16.8. The van der Waals surface area contributed by atoms with Crippen molar-refractivity contribution < 1.29 is 28.7 Å². The minimum Gasteiger partial charge on any atom is -0.487 e. The Labute approximate surface area is 164 Å². The Hall–Kier alpha value is -2.68. The Morgan fingerprint density at radius 1 is 1.14 bits per heavy atom. The lowest BCUT2D eigenvalue weighted by Gasteiger charge is -2.27. The van der Waals surface area contributed by atoms with E-state index < -0.39 is 28.1 Å². The lowest BCUT2D eigenvalue weighted by molar-refractivity contribution is -0.387. The maximum absolute atomic E-state index is 12.5. The van der Waals surface area contributed by atoms with Gasteiger partial charge in [0.15, 0.2) is 5.75 Å². The highest BCUT2D eigenvalue weighted by atomic mass is 16.6. The van der Waals surface area contributed by atoms with E-state index in [1.807, 2.05) is 6.92 Å². The molecule has 0 bridgehead atoms. The van der Waals surface area contributed by atoms with Crippen LogP contribution < -0.4 is 10.5 Å². The van der Waals surface area contributed by atoms with E-state index in [1.165, 1.54) is 12.1 Å². The summed E-state index contributed by atoms with van der Waals surface area (Å²) in [6.45, 7) is 7.19. The van der Waals surface area contributed by atoms with E-state index in [2.05, 4.69) is 0 Å². The molecule has 2 N–H and O–H groups in total. The molecule has 1 atom stereocenters. The smallest absolute Gasteiger partial charge is 0.338 e. The Morgan fingerprint density at radius 2 is 1.79 bits per heavy atom. The second-order valence-electron chi connectivity index (χ2n) is 6.10. The van der Waals surface area contributed by atoms with Gasteiger partial charge in [0.2, 0.25) is 0 Å². The van der Waals surface area contributed by atoms with Crippen molar-refractivity contribution in [3.8, 4) is 5.75 Å². The Bertz CT molecular complexity index is 720. The lowest BCUT2D eigenvalue weighted by atomic mass is 9.85. The molecule has 0 radical (unpaired) electrons. The number of carbonyl (C=O) groups is 2. The van der Waals surface area contributed by atoms with E-state index in [1.54, 1.807) is 20.8 Å². The van der Waals surface area contributed by atoms with Crippen LogP contribution in [0.5, 0.6) is 5.75 Å². The number of nitrogens with zero attached hydrogens (tertiary/aromatic N) is 1. The van der Waals surface area contributed by atoms with Gasteiger partial charge >= 0.3 is 17.6 Å². The molecule has 0 fully saturated rings. The van der Waals surface area contributed by atoms with Crippen LogP contribution >= 0.6 is 0 Å². The fourth-order valence-electron chi connectivity index (χ4n) is 2.61. The second-order valence-corrected chi connectivity index (χ2v) is 6.10. The highest BCUT2D eigenvalue weighted by molar-refractivity contribution is 5.93. The number of nitrogens with two attached hydrogens (primary N) is 1. The molecule has 1 rings (SSSR count). The molecule has 1 aromatic carbocycles. The Kier molecular flexibility index (Phi) is 8.84. The predicted octanol–water partition coefficient (Wildman–Crippen LogP) is 3.08. The van der Waals surface area contributed by atoms with Gasteiger partial charge in [-0.25, -0.2) is 9.59 Å². The van der Waals surface area contributed by atoms with Crippen LogP contribution in [0.2, 0.25) is 0 Å². The fourth-order valence-corrected chi connectivity index (χ4v) is 2.61. The zero-order valence-electron chi connectivity index (χ0n) is 16.8. The Morgan fingerprint density at radius 3 is 2.29 bits per heavy atom. The monoisotopic (exact) mass is 396 g/mol. The van der Waals surface area contributed by atoms with Gasteiger partial charge in [0.25, 0.3) is 0 Å². The first-order chi connectivity index (χ1) is 13.3. The first kappa shape index (κ1) is 23.4. The summed E-state index contributed by atoms with van der Waals surface area (Å²) in [6, 6.07) is 2.46. The van der Waals surface area contributed by atoms with Crippen molar-refractivity contribution in [2.45, 2.75) is 52.5 Å². The van der Waals surface area contributed by atoms with Crippen LogP contribution in [0.3, 0.4) is 0 Å². The summed E-state index contributed by atoms with van der Waals surface area (Å²) < 4.78 is 15.6. The number of esters is 2. The van der Waals surface area contributed by atoms with Crippen LogP contribution in [-0.2, 0) is 19.8 Å². The first-order valence-corrected chi connectivity index (χ1v) is 9.35. The van der Waals surface area contributed by atoms with Crippen molar-refractivity contribution in [1.29, 1.82) is 0 Å². The molecule has 0 aliphatic heterocycles. The minimum absolute atomic E-state index is 0.0153. The average molecular weight is 396 g/mol. The van der Waals surface area contributed by atoms with Crippen LogP contribution in [0.1, 0.15) is 62.9 Å². The number of benzene rings is 1. The van der Waals surface area contributed by atoms with Crippen LogP contribution in [-0.4, -0.2) is 36.7 Å². The number of ether oxygens (including phenoxy) is 3. The zero-order chi connectivity index (χ0) is 21.3. The maximum atomic E-state index is 12.5. The van der Waals surface area contributed by atoms with Gasteiger partial charge in [-0.05, 0) is 32.8 Å². The standard InChI is InChI=1S/C19H28N2O7/c1-5-9-10-28-15-12-13(17(22)26-7-3)11-14(16(15)21(24)25)19(20,6-2)18(23)27-8-4/h11-12H,5-10,20H2,1-4H3. The van der Waals surface area contributed by atoms with Crippen LogP contribution in [0.25, 0.3) is 0 Å². The molecule has 9 nitrogen and oxygen atoms in total. The maximum Gasteiger partial charge on any atom is 0.338 e. The quantitative estimate of drug-likeness (QED) is 0.261. The highest BCUT2D eigenvalue weighted by Gasteiger charge is 2.43. The minimum atomic E-state index is -1.82. The summed E-state index contributed by atoms with van der Waals surface area (Å²) in [4.78, 5) is 36.0. The molecule has 0 aliphatic carbocycles. The van der Waals surface area contributed by atoms with Crippen LogP contribution in [0, 0.1) is 10.1 Å². The number of hydrogen-bond acceptors (Lipinski definition) is 8. The third-order valence-corrected chi connectivity index (χ3v) is 4.20. The molecule has 0 heterocycles. The van der Waals surface area contributed by atoms with Crippen molar-refractivity contribution in [1.82, 2.24) is 0 Å². The topological polar surface area (TPSA) is 131 Å². The van der Waals surface area contributed by atoms with Gasteiger partial charge in [0.05, 0.1) is 35.9 Å². The molecular weight excluding hydrogens is 368 g/mol. The van der Waals surface area contributed by atoms with Crippen LogP contribution in [0.4, 0.5) is 5.69 Å². The summed E-state index contributed by atoms with van der Waals surface area (Å²) in [5.74, 6) is -1.64. The average Bonchev–Trinajstić information content (AvgIpc) is 2.67. The third-order valence-electron chi connectivity index (χ3n) is 4.20. The number of nitro benzene ring substituents is 1. The molecule has 28 heavy (non-hydrogen) atoms. The molecule has 9 heteroatoms. The van der Waals surface area contributed by atoms with Gasteiger partial charge < -0.3 is 19.9 Å². The van der Waals surface area contributed by atoms with Crippen molar-refractivity contribution in [2.24, 2.45) is 5.73 Å². The SMILES string of the molecule is CCCCOc1cc(C(=O)OCC)cc(C(N)(CC)C(=O)OCC)c1[N+](=O)[O-]. The summed E-state index contributed by atoms with van der Waals surface area (Å²) >= 11 is 0. The van der Waals surface area contributed by atoms with Gasteiger partial charge in [0.1, 0.15) is 5.54 Å². The fraction of sp³-hybridized carbons (Fsp3) is 0.579. The van der Waals surface area contributed by atoms with E-state index in [0.29, 0.717) is 6.42 Å². The van der Waals surface area contributed by atoms with Crippen molar-refractivity contribution >= 4 is 17.6 Å². The van der Waals surface area contributed by atoms with E-state index in [9.17, 15) is 19.7 Å². The van der Waals surface area contributed by atoms with Crippen LogP contribution in [0.15, 0.2) is 12.1 Å². The molecule has 0 amide bonds. The number of carbonyl (C=O) groups excluding carboxylic acids is 2. The Balaban J connectivity index is 3.70. The van der Waals surface area contributed by atoms with Gasteiger partial charge in [-0.1, -0.05) is 20.3 Å². The van der Waals surface area contributed by atoms with Gasteiger partial charge in [-0.15, -0.1) is 0 Å². The number of unbranched alkanes of at least 4 members (excludes halogenated alkanes) is 1. The van der Waals surface area contributed by atoms with Gasteiger partial charge in [0, 0.05) is 6.07 Å². The lowest BCUT2D eigenvalue weighted by Crippen LogP contribution is -2.46. The molecule has 156 valence electrons. The first-order valence-electron chi connectivity index (χ1n) is 9.35. The van der Waals surface area contributed by atoms with Crippen molar-refractivity contribution in [3.63, 3.8) is 0 Å². The van der Waals surface area contributed by atoms with Crippen molar-refractivity contribution in [2.75, 3.05) is 19.8 Å². The molecule has 0 saturated carbocycles.